The number of rotatable bonds is 6. The van der Waals surface area contributed by atoms with Crippen LogP contribution in [0.25, 0.3) is 0 Å². The lowest BCUT2D eigenvalue weighted by Crippen LogP contribution is -2.99. The predicted octanol–water partition coefficient (Wildman–Crippen LogP) is 2.27. The number of benzene rings is 3. The summed E-state index contributed by atoms with van der Waals surface area (Å²) in [4.78, 5) is 10.2. The number of anilines is 1. The van der Waals surface area contributed by atoms with Crippen LogP contribution in [-0.4, -0.2) is 26.1 Å². The Balaban J connectivity index is 2.04. The molecule has 0 radical (unpaired) electrons. The lowest BCUT2D eigenvalue weighted by molar-refractivity contribution is -0.990. The Morgan fingerprint density at radius 1 is 0.931 bits per heavy atom. The van der Waals surface area contributed by atoms with Gasteiger partial charge in [0.2, 0.25) is 0 Å². The van der Waals surface area contributed by atoms with E-state index in [1.807, 2.05) is 0 Å². The number of nitrogens with one attached hydrogen (secondary N) is 2. The summed E-state index contributed by atoms with van der Waals surface area (Å²) in [6.45, 7) is 0. The van der Waals surface area contributed by atoms with Crippen molar-refractivity contribution in [2.45, 2.75) is 0 Å². The zero-order valence-electron chi connectivity index (χ0n) is 14.8. The second-order valence-electron chi connectivity index (χ2n) is 5.96. The van der Waals surface area contributed by atoms with E-state index in [9.17, 15) is 30.7 Å². The third-order valence-corrected chi connectivity index (χ3v) is 4.01. The van der Waals surface area contributed by atoms with E-state index >= 15 is 0 Å². The number of aromatic hydroxyl groups is 2. The van der Waals surface area contributed by atoms with Crippen LogP contribution in [0.4, 0.5) is 17.1 Å². The van der Waals surface area contributed by atoms with Gasteiger partial charge in [-0.15, -0.1) is 0 Å². The molecule has 3 aromatic carbocycles. The van der Waals surface area contributed by atoms with Crippen molar-refractivity contribution in [2.75, 3.05) is 5.43 Å². The molecule has 0 aliphatic rings. The molecule has 0 aliphatic heterocycles. The highest BCUT2D eigenvalue weighted by atomic mass is 16.8. The topological polar surface area (TPSA) is 156 Å². The molecule has 148 valence electrons. The van der Waals surface area contributed by atoms with Gasteiger partial charge >= 0.3 is 0 Å². The summed E-state index contributed by atoms with van der Waals surface area (Å²) in [5.41, 5.74) is 3.68. The van der Waals surface area contributed by atoms with Gasteiger partial charge in [-0.3, -0.25) is 15.5 Å². The number of hydrogen-bond acceptors (Lipinski definition) is 8. The minimum atomic E-state index is -1.35. The number of phenolic OH excluding ortho intramolecular Hbond substituents is 2. The maximum absolute atomic E-state index is 11.5. The summed E-state index contributed by atoms with van der Waals surface area (Å²) in [7, 11) is 0. The van der Waals surface area contributed by atoms with Gasteiger partial charge in [0.15, 0.2) is 5.69 Å². The second-order valence-corrected chi connectivity index (χ2v) is 5.96. The first-order chi connectivity index (χ1) is 13.8. The molecule has 10 nitrogen and oxygen atoms in total. The average Bonchev–Trinajstić information content (AvgIpc) is 2.70. The smallest absolute Gasteiger partial charge is 0.275 e. The van der Waals surface area contributed by atoms with Crippen molar-refractivity contribution in [1.29, 1.82) is 0 Å². The molecule has 29 heavy (non-hydrogen) atoms. The van der Waals surface area contributed by atoms with E-state index in [0.717, 1.165) is 6.07 Å². The maximum Gasteiger partial charge on any atom is 0.275 e. The molecule has 0 saturated carbocycles. The predicted molar refractivity (Wildman–Crippen MR) is 104 cm³/mol. The van der Waals surface area contributed by atoms with E-state index in [-0.39, 0.29) is 28.6 Å². The summed E-state index contributed by atoms with van der Waals surface area (Å²) < 4.78 is 0. The van der Waals surface area contributed by atoms with Crippen molar-refractivity contribution in [3.8, 4) is 11.5 Å². The first-order valence-corrected chi connectivity index (χ1v) is 8.29. The van der Waals surface area contributed by atoms with Gasteiger partial charge in [0.25, 0.3) is 5.69 Å². The molecule has 5 N–H and O–H groups in total. The van der Waals surface area contributed by atoms with Gasteiger partial charge in [-0.2, -0.15) is 10.3 Å². The average molecular weight is 396 g/mol. The lowest BCUT2D eigenvalue weighted by atomic mass is 10.0. The monoisotopic (exact) mass is 396 g/mol. The lowest BCUT2D eigenvalue weighted by Gasteiger charge is -2.15. The van der Waals surface area contributed by atoms with Crippen LogP contribution < -0.4 is 10.7 Å². The Morgan fingerprint density at radius 3 is 1.90 bits per heavy atom. The van der Waals surface area contributed by atoms with Gasteiger partial charge in [0.05, 0.1) is 16.7 Å². The highest BCUT2D eigenvalue weighted by Crippen LogP contribution is 2.25. The minimum Gasteiger partial charge on any atom is -0.595 e. The summed E-state index contributed by atoms with van der Waals surface area (Å²) in [6.07, 6.45) is 0. The number of non-ortho nitro benzene ring substituents is 1. The van der Waals surface area contributed by atoms with Crippen LogP contribution in [0.3, 0.4) is 0 Å². The third kappa shape index (κ3) is 4.65. The number of quaternary nitrogens is 1. The fraction of sp³-hybridized carbons (Fsp3) is 0. The molecule has 0 fully saturated rings. The Labute approximate surface area is 164 Å². The van der Waals surface area contributed by atoms with Gasteiger partial charge in [-0.25, -0.2) is 5.21 Å². The van der Waals surface area contributed by atoms with Crippen LogP contribution in [-0.2, 0) is 0 Å². The maximum atomic E-state index is 11.5. The fourth-order valence-electron chi connectivity index (χ4n) is 2.57. The quantitative estimate of drug-likeness (QED) is 0.243. The molecule has 0 aromatic heterocycles. The first-order valence-electron chi connectivity index (χ1n) is 8.29. The van der Waals surface area contributed by atoms with Crippen molar-refractivity contribution in [2.24, 2.45) is 5.10 Å². The van der Waals surface area contributed by atoms with Crippen LogP contribution >= 0.6 is 0 Å². The SMILES string of the molecule is O=[N+]([O-])c1ccc(NN=C(c2ccc(O)cc2)c2ccc(O)cc2)c([NH+]([O-])O)c1. The number of hydrogen-bond donors (Lipinski definition) is 5. The summed E-state index contributed by atoms with van der Waals surface area (Å²) >= 11 is 0. The Hall–Kier alpha value is -3.99. The molecular weight excluding hydrogens is 380 g/mol. The van der Waals surface area contributed by atoms with Crippen LogP contribution in [0.1, 0.15) is 11.1 Å². The number of hydrazone groups is 1. The molecule has 0 aliphatic carbocycles. The molecule has 1 unspecified atom stereocenters. The van der Waals surface area contributed by atoms with Gasteiger partial charge < -0.3 is 15.4 Å². The van der Waals surface area contributed by atoms with E-state index in [1.54, 1.807) is 24.3 Å². The number of phenols is 2. The van der Waals surface area contributed by atoms with E-state index in [2.05, 4.69) is 10.5 Å². The van der Waals surface area contributed by atoms with Gasteiger partial charge in [0.1, 0.15) is 17.2 Å². The molecule has 0 spiro atoms. The highest BCUT2D eigenvalue weighted by Gasteiger charge is 2.16. The Kier molecular flexibility index (Phi) is 5.69. The molecule has 0 heterocycles. The summed E-state index contributed by atoms with van der Waals surface area (Å²) in [5.74, 6) is 0.130. The van der Waals surface area contributed by atoms with Crippen LogP contribution in [0, 0.1) is 15.3 Å². The van der Waals surface area contributed by atoms with Crippen molar-refractivity contribution in [1.82, 2.24) is 0 Å². The number of nitro groups is 1. The van der Waals surface area contributed by atoms with Crippen LogP contribution in [0.2, 0.25) is 0 Å². The number of nitrogens with zero attached hydrogens (tertiary/aromatic N) is 2. The summed E-state index contributed by atoms with van der Waals surface area (Å²) in [6, 6.07) is 15.8. The van der Waals surface area contributed by atoms with E-state index in [1.165, 1.54) is 36.4 Å². The van der Waals surface area contributed by atoms with Gasteiger partial charge in [0, 0.05) is 17.2 Å². The van der Waals surface area contributed by atoms with Crippen molar-refractivity contribution in [3.63, 3.8) is 0 Å². The summed E-state index contributed by atoms with van der Waals surface area (Å²) in [5, 5.41) is 53.7. The van der Waals surface area contributed by atoms with Crippen molar-refractivity contribution in [3.05, 3.63) is 93.2 Å². The standard InChI is InChI=1S/C19H16N4O6/c24-15-6-1-12(2-7-15)19(13-3-8-16(25)9-4-13)21-20-17-10-5-14(22(26)27)11-18(17)23(28)29/h1-11,20,23-25,28H. The number of nitro benzene ring substituents is 1. The van der Waals surface area contributed by atoms with E-state index in [4.69, 9.17) is 0 Å². The first kappa shape index (κ1) is 19.8. The second kappa shape index (κ2) is 8.35. The molecule has 1 atom stereocenters. The molecular formula is C19H16N4O6. The molecule has 0 bridgehead atoms. The van der Waals surface area contributed by atoms with Crippen LogP contribution in [0.15, 0.2) is 71.8 Å². The fourth-order valence-corrected chi connectivity index (χ4v) is 2.57. The van der Waals surface area contributed by atoms with E-state index < -0.39 is 10.1 Å². The zero-order chi connectivity index (χ0) is 21.0. The van der Waals surface area contributed by atoms with Gasteiger partial charge in [-0.1, -0.05) is 0 Å². The van der Waals surface area contributed by atoms with Crippen molar-refractivity contribution < 1.29 is 25.6 Å². The Bertz CT molecular complexity index is 1000. The molecule has 0 amide bonds. The zero-order valence-corrected chi connectivity index (χ0v) is 14.8. The highest BCUT2D eigenvalue weighted by molar-refractivity contribution is 6.13. The normalized spacial score (nSPS) is 11.5. The van der Waals surface area contributed by atoms with E-state index in [0.29, 0.717) is 16.8 Å². The van der Waals surface area contributed by atoms with Gasteiger partial charge in [-0.05, 0) is 54.6 Å². The molecule has 10 heteroatoms. The molecule has 3 rings (SSSR count). The molecule has 3 aromatic rings. The minimum absolute atomic E-state index is 0.0651. The largest absolute Gasteiger partial charge is 0.595 e. The Morgan fingerprint density at radius 2 is 1.45 bits per heavy atom. The third-order valence-electron chi connectivity index (χ3n) is 4.01. The van der Waals surface area contributed by atoms with Crippen LogP contribution in [0.5, 0.6) is 11.5 Å². The van der Waals surface area contributed by atoms with Crippen molar-refractivity contribution >= 4 is 22.8 Å². The molecule has 0 saturated heterocycles.